The molecule has 0 saturated heterocycles. The largest absolute Gasteiger partial charge is 0.322 e. The maximum Gasteiger partial charge on any atom is 0.271 e. The zero-order chi connectivity index (χ0) is 18.7. The van der Waals surface area contributed by atoms with Crippen LogP contribution in [0.5, 0.6) is 0 Å². The molecule has 11 heteroatoms. The van der Waals surface area contributed by atoms with E-state index in [0.717, 1.165) is 23.0 Å². The normalized spacial score (nSPS) is 10.5. The first-order valence-electron chi connectivity index (χ1n) is 7.20. The number of rotatable bonds is 5. The molecule has 1 heterocycles. The second-order valence-electron chi connectivity index (χ2n) is 5.09. The number of hydrogen-bond acceptors (Lipinski definition) is 6. The first-order valence-corrected chi connectivity index (χ1v) is 7.58. The van der Waals surface area contributed by atoms with Gasteiger partial charge in [-0.05, 0) is 23.4 Å². The highest BCUT2D eigenvalue weighted by Crippen LogP contribution is 2.24. The van der Waals surface area contributed by atoms with Crippen LogP contribution in [0.1, 0.15) is 0 Å². The van der Waals surface area contributed by atoms with E-state index in [1.54, 1.807) is 24.3 Å². The van der Waals surface area contributed by atoms with Gasteiger partial charge in [0.25, 0.3) is 5.69 Å². The van der Waals surface area contributed by atoms with Crippen molar-refractivity contribution in [2.24, 2.45) is 0 Å². The molecule has 26 heavy (non-hydrogen) atoms. The number of nitrogens with one attached hydrogen (secondary N) is 1. The van der Waals surface area contributed by atoms with Gasteiger partial charge in [-0.3, -0.25) is 14.9 Å². The molecule has 0 saturated carbocycles. The number of nitro benzene ring substituents is 1. The van der Waals surface area contributed by atoms with Crippen LogP contribution in [0.15, 0.2) is 42.5 Å². The lowest BCUT2D eigenvalue weighted by Crippen LogP contribution is -2.21. The Morgan fingerprint density at radius 3 is 2.81 bits per heavy atom. The number of aromatic nitrogens is 4. The summed E-state index contributed by atoms with van der Waals surface area (Å²) >= 11 is 6.05. The fraction of sp³-hybridized carbons (Fsp3) is 0.0667. The third-order valence-electron chi connectivity index (χ3n) is 3.29. The van der Waals surface area contributed by atoms with Gasteiger partial charge in [-0.15, -0.1) is 10.2 Å². The number of hydrogen-bond donors (Lipinski definition) is 1. The molecule has 0 radical (unpaired) electrons. The second kappa shape index (κ2) is 7.23. The molecule has 1 amide bonds. The molecule has 0 atom stereocenters. The summed E-state index contributed by atoms with van der Waals surface area (Å²) in [6, 6.07) is 9.68. The van der Waals surface area contributed by atoms with Gasteiger partial charge in [0, 0.05) is 17.7 Å². The van der Waals surface area contributed by atoms with E-state index in [2.05, 4.69) is 20.7 Å². The van der Waals surface area contributed by atoms with E-state index in [-0.39, 0.29) is 23.7 Å². The number of carbonyl (C=O) groups excluding carboxylic acids is 1. The monoisotopic (exact) mass is 376 g/mol. The Kier molecular flexibility index (Phi) is 4.85. The lowest BCUT2D eigenvalue weighted by atomic mass is 10.2. The van der Waals surface area contributed by atoms with Crippen molar-refractivity contribution in [3.05, 3.63) is 63.4 Å². The average Bonchev–Trinajstić information content (AvgIpc) is 3.05. The number of halogens is 2. The van der Waals surface area contributed by atoms with E-state index in [9.17, 15) is 19.3 Å². The number of nitrogens with zero attached hydrogens (tertiary/aromatic N) is 5. The zero-order valence-corrected chi connectivity index (χ0v) is 13.7. The van der Waals surface area contributed by atoms with Crippen LogP contribution in [0, 0.1) is 15.9 Å². The van der Waals surface area contributed by atoms with Gasteiger partial charge in [0.15, 0.2) is 0 Å². The summed E-state index contributed by atoms with van der Waals surface area (Å²) in [5.74, 6) is -1.25. The molecule has 9 nitrogen and oxygen atoms in total. The van der Waals surface area contributed by atoms with Crippen molar-refractivity contribution in [3.8, 4) is 11.4 Å². The predicted molar refractivity (Wildman–Crippen MR) is 89.9 cm³/mol. The predicted octanol–water partition coefficient (Wildman–Crippen LogP) is 2.68. The van der Waals surface area contributed by atoms with Gasteiger partial charge in [-0.2, -0.15) is 4.80 Å². The quantitative estimate of drug-likeness (QED) is 0.540. The molecule has 0 aliphatic rings. The highest BCUT2D eigenvalue weighted by atomic mass is 35.5. The van der Waals surface area contributed by atoms with E-state index in [0.29, 0.717) is 10.6 Å². The van der Waals surface area contributed by atoms with E-state index in [1.807, 2.05) is 0 Å². The first kappa shape index (κ1) is 17.4. The third-order valence-corrected chi connectivity index (χ3v) is 3.62. The summed E-state index contributed by atoms with van der Waals surface area (Å²) in [7, 11) is 0. The van der Waals surface area contributed by atoms with Gasteiger partial charge in [0.05, 0.1) is 15.6 Å². The standard InChI is InChI=1S/C15H10ClFN6O3/c16-11-4-2-1-3-10(11)15-19-21-22(20-15)8-14(24)18-13-7-9(23(25)26)5-6-12(13)17/h1-7H,8H2,(H,18,24). The van der Waals surface area contributed by atoms with Crippen molar-refractivity contribution in [1.82, 2.24) is 20.2 Å². The van der Waals surface area contributed by atoms with Gasteiger partial charge in [0.2, 0.25) is 11.7 Å². The van der Waals surface area contributed by atoms with Crippen molar-refractivity contribution in [1.29, 1.82) is 0 Å². The van der Waals surface area contributed by atoms with Crippen LogP contribution in [0.25, 0.3) is 11.4 Å². The average molecular weight is 377 g/mol. The van der Waals surface area contributed by atoms with Crippen LogP contribution in [0.2, 0.25) is 5.02 Å². The molecule has 0 aliphatic heterocycles. The molecule has 2 aromatic carbocycles. The van der Waals surface area contributed by atoms with E-state index >= 15 is 0 Å². The van der Waals surface area contributed by atoms with Gasteiger partial charge >= 0.3 is 0 Å². The summed E-state index contributed by atoms with van der Waals surface area (Å²) in [5, 5.41) is 25.0. The Balaban J connectivity index is 1.73. The van der Waals surface area contributed by atoms with Crippen LogP contribution < -0.4 is 5.32 Å². The number of benzene rings is 2. The van der Waals surface area contributed by atoms with E-state index in [1.165, 1.54) is 0 Å². The molecule has 0 bridgehead atoms. The number of tetrazole rings is 1. The van der Waals surface area contributed by atoms with Crippen LogP contribution in [0.4, 0.5) is 15.8 Å². The maximum atomic E-state index is 13.7. The number of non-ortho nitro benzene ring substituents is 1. The van der Waals surface area contributed by atoms with Crippen molar-refractivity contribution >= 4 is 28.9 Å². The maximum absolute atomic E-state index is 13.7. The molecule has 0 fully saturated rings. The number of amides is 1. The van der Waals surface area contributed by atoms with Crippen LogP contribution in [-0.4, -0.2) is 31.0 Å². The van der Waals surface area contributed by atoms with Crippen molar-refractivity contribution in [2.45, 2.75) is 6.54 Å². The summed E-state index contributed by atoms with van der Waals surface area (Å²) in [6.07, 6.45) is 0. The lowest BCUT2D eigenvalue weighted by Gasteiger charge is -2.05. The molecule has 3 rings (SSSR count). The van der Waals surface area contributed by atoms with Crippen molar-refractivity contribution in [3.63, 3.8) is 0 Å². The molecule has 3 aromatic rings. The Morgan fingerprint density at radius 2 is 2.08 bits per heavy atom. The third kappa shape index (κ3) is 3.81. The highest BCUT2D eigenvalue weighted by molar-refractivity contribution is 6.33. The summed E-state index contributed by atoms with van der Waals surface area (Å²) < 4.78 is 13.7. The number of carbonyl (C=O) groups is 1. The minimum atomic E-state index is -0.799. The Morgan fingerprint density at radius 1 is 1.31 bits per heavy atom. The van der Waals surface area contributed by atoms with E-state index in [4.69, 9.17) is 11.6 Å². The fourth-order valence-corrected chi connectivity index (χ4v) is 2.32. The van der Waals surface area contributed by atoms with Crippen LogP contribution in [-0.2, 0) is 11.3 Å². The lowest BCUT2D eigenvalue weighted by molar-refractivity contribution is -0.384. The van der Waals surface area contributed by atoms with Crippen molar-refractivity contribution < 1.29 is 14.1 Å². The van der Waals surface area contributed by atoms with Crippen molar-refractivity contribution in [2.75, 3.05) is 5.32 Å². The Labute approximate surface area is 150 Å². The Hall–Kier alpha value is -3.40. The number of anilines is 1. The molecule has 1 aromatic heterocycles. The van der Waals surface area contributed by atoms with Gasteiger partial charge in [0.1, 0.15) is 12.4 Å². The molecular formula is C15H10ClFN6O3. The molecule has 0 aliphatic carbocycles. The summed E-state index contributed by atoms with van der Waals surface area (Å²) in [5.41, 5.74) is -0.109. The van der Waals surface area contributed by atoms with Gasteiger partial charge < -0.3 is 5.32 Å². The van der Waals surface area contributed by atoms with Gasteiger partial charge in [-0.25, -0.2) is 4.39 Å². The van der Waals surface area contributed by atoms with Crippen LogP contribution >= 0.6 is 11.6 Å². The molecule has 132 valence electrons. The Bertz CT molecular complexity index is 993. The van der Waals surface area contributed by atoms with Crippen LogP contribution in [0.3, 0.4) is 0 Å². The zero-order valence-electron chi connectivity index (χ0n) is 13.0. The van der Waals surface area contributed by atoms with E-state index < -0.39 is 16.6 Å². The SMILES string of the molecule is O=C(Cn1nnc(-c2ccccc2Cl)n1)Nc1cc([N+](=O)[O-])ccc1F. The number of nitro groups is 1. The molecule has 1 N–H and O–H groups in total. The topological polar surface area (TPSA) is 116 Å². The molecule has 0 spiro atoms. The highest BCUT2D eigenvalue weighted by Gasteiger charge is 2.15. The summed E-state index contributed by atoms with van der Waals surface area (Å²) in [4.78, 5) is 23.1. The minimum Gasteiger partial charge on any atom is -0.322 e. The first-order chi connectivity index (χ1) is 12.4. The molecular weight excluding hydrogens is 367 g/mol. The van der Waals surface area contributed by atoms with Gasteiger partial charge in [-0.1, -0.05) is 23.7 Å². The minimum absolute atomic E-state index is 0.227. The second-order valence-corrected chi connectivity index (χ2v) is 5.50. The summed E-state index contributed by atoms with van der Waals surface area (Å²) in [6.45, 7) is -0.362. The smallest absolute Gasteiger partial charge is 0.271 e. The fourth-order valence-electron chi connectivity index (χ4n) is 2.10. The molecule has 0 unspecified atom stereocenters.